The second kappa shape index (κ2) is 9.16. The molecule has 0 spiro atoms. The number of carbonyl (C=O) groups excluding carboxylic acids is 1. The van der Waals surface area contributed by atoms with E-state index in [-0.39, 0.29) is 12.1 Å². The highest BCUT2D eigenvalue weighted by Gasteiger charge is 2.16. The Balaban J connectivity index is 1.32. The lowest BCUT2D eigenvalue weighted by Crippen LogP contribution is -2.08. The van der Waals surface area contributed by atoms with Gasteiger partial charge in [-0.3, -0.25) is 4.79 Å². The van der Waals surface area contributed by atoms with Gasteiger partial charge in [-0.2, -0.15) is 0 Å². The maximum atomic E-state index is 12.6. The van der Waals surface area contributed by atoms with Crippen LogP contribution in [0.3, 0.4) is 0 Å². The Bertz CT molecular complexity index is 941. The number of rotatable bonds is 8. The van der Waals surface area contributed by atoms with Crippen molar-refractivity contribution in [3.63, 3.8) is 0 Å². The average molecular weight is 391 g/mol. The third-order valence-electron chi connectivity index (χ3n) is 5.14. The van der Waals surface area contributed by atoms with E-state index in [4.69, 9.17) is 13.9 Å². The summed E-state index contributed by atoms with van der Waals surface area (Å²) < 4.78 is 16.7. The first kappa shape index (κ1) is 19.6. The molecule has 1 fully saturated rings. The number of benzene rings is 2. The van der Waals surface area contributed by atoms with E-state index < -0.39 is 0 Å². The molecule has 0 bridgehead atoms. The molecule has 1 saturated heterocycles. The summed E-state index contributed by atoms with van der Waals surface area (Å²) in [5, 5.41) is 0. The van der Waals surface area contributed by atoms with E-state index in [0.717, 1.165) is 35.4 Å². The Morgan fingerprint density at radius 2 is 1.72 bits per heavy atom. The predicted molar refractivity (Wildman–Crippen MR) is 110 cm³/mol. The van der Waals surface area contributed by atoms with Crippen LogP contribution in [0.4, 0.5) is 0 Å². The van der Waals surface area contributed by atoms with Crippen molar-refractivity contribution in [1.82, 2.24) is 4.98 Å². The Labute approximate surface area is 170 Å². The summed E-state index contributed by atoms with van der Waals surface area (Å²) in [6.45, 7) is 3.25. The van der Waals surface area contributed by atoms with E-state index in [1.807, 2.05) is 61.5 Å². The lowest BCUT2D eigenvalue weighted by molar-refractivity contribution is -0.0462. The number of aromatic nitrogens is 1. The zero-order valence-corrected chi connectivity index (χ0v) is 16.6. The van der Waals surface area contributed by atoms with Crippen molar-refractivity contribution in [3.05, 3.63) is 77.2 Å². The van der Waals surface area contributed by atoms with Crippen LogP contribution in [0.5, 0.6) is 0 Å². The number of oxazole rings is 1. The summed E-state index contributed by atoms with van der Waals surface area (Å²) in [4.78, 5) is 17.2. The molecule has 0 amide bonds. The number of hydrogen-bond acceptors (Lipinski definition) is 5. The number of ether oxygens (including phenoxy) is 2. The molecule has 5 heteroatoms. The fraction of sp³-hybridized carbons (Fsp3) is 0.333. The third-order valence-corrected chi connectivity index (χ3v) is 5.14. The number of nitrogens with zero attached hydrogens (tertiary/aromatic N) is 1. The Kier molecular flexibility index (Phi) is 6.17. The fourth-order valence-corrected chi connectivity index (χ4v) is 3.46. The van der Waals surface area contributed by atoms with Crippen LogP contribution in [0.25, 0.3) is 11.5 Å². The molecule has 0 aliphatic carbocycles. The highest BCUT2D eigenvalue weighted by Crippen LogP contribution is 2.22. The Morgan fingerprint density at radius 1 is 1.00 bits per heavy atom. The molecule has 5 nitrogen and oxygen atoms in total. The van der Waals surface area contributed by atoms with Crippen LogP contribution in [-0.4, -0.2) is 30.3 Å². The molecule has 150 valence electrons. The monoisotopic (exact) mass is 391 g/mol. The summed E-state index contributed by atoms with van der Waals surface area (Å²) in [6.07, 6.45) is 2.59. The SMILES string of the molecule is Cc1oc(-c2ccccc2)nc1CCC(=O)c1ccc(CCC2OCCO2)cc1. The number of carbonyl (C=O) groups is 1. The minimum absolute atomic E-state index is 0.0946. The van der Waals surface area contributed by atoms with Crippen LogP contribution in [0.15, 0.2) is 59.0 Å². The van der Waals surface area contributed by atoms with E-state index in [2.05, 4.69) is 4.98 Å². The van der Waals surface area contributed by atoms with E-state index in [0.29, 0.717) is 31.9 Å². The average Bonchev–Trinajstić information content (AvgIpc) is 3.41. The molecule has 1 aliphatic heterocycles. The van der Waals surface area contributed by atoms with Gasteiger partial charge in [-0.15, -0.1) is 0 Å². The van der Waals surface area contributed by atoms with Crippen molar-refractivity contribution >= 4 is 5.78 Å². The highest BCUT2D eigenvalue weighted by molar-refractivity contribution is 5.96. The normalized spacial score (nSPS) is 14.4. The maximum Gasteiger partial charge on any atom is 0.226 e. The van der Waals surface area contributed by atoms with Gasteiger partial charge >= 0.3 is 0 Å². The molecule has 0 saturated carbocycles. The largest absolute Gasteiger partial charge is 0.441 e. The predicted octanol–water partition coefficient (Wildman–Crippen LogP) is 4.77. The first-order valence-corrected chi connectivity index (χ1v) is 10.1. The zero-order chi connectivity index (χ0) is 20.1. The summed E-state index contributed by atoms with van der Waals surface area (Å²) in [6, 6.07) is 17.6. The van der Waals surface area contributed by atoms with E-state index in [1.165, 1.54) is 5.56 Å². The molecule has 3 aromatic rings. The van der Waals surface area contributed by atoms with E-state index in [1.54, 1.807) is 0 Å². The van der Waals surface area contributed by atoms with Crippen LogP contribution in [-0.2, 0) is 22.3 Å². The summed E-state index contributed by atoms with van der Waals surface area (Å²) in [5.41, 5.74) is 3.69. The molecular formula is C24H25NO4. The molecule has 0 unspecified atom stereocenters. The quantitative estimate of drug-likeness (QED) is 0.518. The van der Waals surface area contributed by atoms with Crippen molar-refractivity contribution in [1.29, 1.82) is 0 Å². The zero-order valence-electron chi connectivity index (χ0n) is 16.6. The van der Waals surface area contributed by atoms with Gasteiger partial charge in [0, 0.05) is 30.4 Å². The summed E-state index contributed by atoms with van der Waals surface area (Å²) >= 11 is 0. The van der Waals surface area contributed by atoms with E-state index >= 15 is 0 Å². The van der Waals surface area contributed by atoms with Crippen LogP contribution < -0.4 is 0 Å². The minimum atomic E-state index is -0.0946. The van der Waals surface area contributed by atoms with Crippen LogP contribution in [0.2, 0.25) is 0 Å². The molecule has 2 aromatic carbocycles. The topological polar surface area (TPSA) is 61.6 Å². The standard InChI is InChI=1S/C24H25NO4/c1-17-21(25-24(29-17)20-5-3-2-4-6-20)12-13-22(26)19-10-7-18(8-11-19)9-14-23-27-15-16-28-23/h2-8,10-11,23H,9,12-16H2,1H3. The van der Waals surface area contributed by atoms with Crippen LogP contribution in [0, 0.1) is 6.92 Å². The molecule has 1 aliphatic rings. The lowest BCUT2D eigenvalue weighted by Gasteiger charge is -2.09. The van der Waals surface area contributed by atoms with Gasteiger partial charge < -0.3 is 13.9 Å². The van der Waals surface area contributed by atoms with Crippen molar-refractivity contribution in [3.8, 4) is 11.5 Å². The first-order chi connectivity index (χ1) is 14.2. The van der Waals surface area contributed by atoms with Gasteiger partial charge in [0.15, 0.2) is 12.1 Å². The highest BCUT2D eigenvalue weighted by atomic mass is 16.7. The number of Topliss-reactive ketones (excluding diaryl/α,β-unsaturated/α-hetero) is 1. The number of hydrogen-bond donors (Lipinski definition) is 0. The molecule has 1 aromatic heterocycles. The van der Waals surface area contributed by atoms with Gasteiger partial charge in [0.25, 0.3) is 0 Å². The van der Waals surface area contributed by atoms with Gasteiger partial charge in [-0.05, 0) is 31.0 Å². The minimum Gasteiger partial charge on any atom is -0.441 e. The molecule has 0 atom stereocenters. The van der Waals surface area contributed by atoms with Crippen LogP contribution >= 0.6 is 0 Å². The van der Waals surface area contributed by atoms with Crippen molar-refractivity contribution in [2.45, 2.75) is 38.9 Å². The second-order valence-corrected chi connectivity index (χ2v) is 7.22. The fourth-order valence-electron chi connectivity index (χ4n) is 3.46. The maximum absolute atomic E-state index is 12.6. The molecule has 0 N–H and O–H groups in total. The van der Waals surface area contributed by atoms with Gasteiger partial charge in [-0.1, -0.05) is 42.5 Å². The lowest BCUT2D eigenvalue weighted by atomic mass is 10.0. The van der Waals surface area contributed by atoms with Crippen molar-refractivity contribution in [2.24, 2.45) is 0 Å². The first-order valence-electron chi connectivity index (χ1n) is 10.1. The molecule has 2 heterocycles. The van der Waals surface area contributed by atoms with Gasteiger partial charge in [0.2, 0.25) is 5.89 Å². The van der Waals surface area contributed by atoms with Crippen LogP contribution in [0.1, 0.15) is 40.2 Å². The second-order valence-electron chi connectivity index (χ2n) is 7.22. The smallest absolute Gasteiger partial charge is 0.226 e. The van der Waals surface area contributed by atoms with Gasteiger partial charge in [-0.25, -0.2) is 4.98 Å². The number of aryl methyl sites for hydroxylation is 3. The van der Waals surface area contributed by atoms with E-state index in [9.17, 15) is 4.79 Å². The third kappa shape index (κ3) is 5.00. The van der Waals surface area contributed by atoms with Crippen molar-refractivity contribution < 1.29 is 18.7 Å². The Hall–Kier alpha value is -2.76. The summed E-state index contributed by atoms with van der Waals surface area (Å²) in [7, 11) is 0. The van der Waals surface area contributed by atoms with Gasteiger partial charge in [0.1, 0.15) is 5.76 Å². The van der Waals surface area contributed by atoms with Crippen molar-refractivity contribution in [2.75, 3.05) is 13.2 Å². The molecule has 4 rings (SSSR count). The molecule has 0 radical (unpaired) electrons. The Morgan fingerprint density at radius 3 is 2.45 bits per heavy atom. The number of ketones is 1. The molecule has 29 heavy (non-hydrogen) atoms. The van der Waals surface area contributed by atoms with Gasteiger partial charge in [0.05, 0.1) is 18.9 Å². The summed E-state index contributed by atoms with van der Waals surface area (Å²) in [5.74, 6) is 1.48. The molecular weight excluding hydrogens is 366 g/mol.